The number of allylic oxidation sites excluding steroid dienone is 10. The van der Waals surface area contributed by atoms with Crippen molar-refractivity contribution < 1.29 is 28.6 Å². The average molecular weight is 713 g/mol. The second-order valence-electron chi connectivity index (χ2n) is 13.5. The van der Waals surface area contributed by atoms with Crippen molar-refractivity contribution in [2.24, 2.45) is 0 Å². The van der Waals surface area contributed by atoms with Crippen LogP contribution in [0, 0.1) is 0 Å². The van der Waals surface area contributed by atoms with Crippen molar-refractivity contribution in [1.82, 2.24) is 0 Å². The molecule has 51 heavy (non-hydrogen) atoms. The molecule has 0 N–H and O–H groups in total. The summed E-state index contributed by atoms with van der Waals surface area (Å²) < 4.78 is 16.5. The van der Waals surface area contributed by atoms with Gasteiger partial charge in [-0.1, -0.05) is 146 Å². The summed E-state index contributed by atoms with van der Waals surface area (Å²) in [5, 5.41) is 0. The van der Waals surface area contributed by atoms with E-state index in [1.807, 2.05) is 0 Å². The van der Waals surface area contributed by atoms with Gasteiger partial charge in [-0.15, -0.1) is 0 Å². The van der Waals surface area contributed by atoms with Gasteiger partial charge in [0.1, 0.15) is 13.2 Å². The van der Waals surface area contributed by atoms with Crippen LogP contribution in [-0.4, -0.2) is 37.2 Å². The summed E-state index contributed by atoms with van der Waals surface area (Å²) >= 11 is 0. The zero-order valence-electron chi connectivity index (χ0n) is 33.1. The summed E-state index contributed by atoms with van der Waals surface area (Å²) in [6.45, 7) is 6.35. The molecule has 0 amide bonds. The number of hydrogen-bond acceptors (Lipinski definition) is 6. The summed E-state index contributed by atoms with van der Waals surface area (Å²) in [6, 6.07) is 0. The molecule has 0 aliphatic carbocycles. The standard InChI is InChI=1S/C45H76O6/c1-4-7-10-13-15-17-19-21-22-24-25-27-29-32-35-38-44(47)50-41-42(40-49-43(46)37-34-31-12-9-6-3)51-45(48)39-36-33-30-28-26-23-20-18-16-14-11-8-5-2/h7,10,15,17-18,20-22,25,27,42H,4-6,8-9,11-14,16,19,23-24,26,28-41H2,1-3H3/b10-7-,17-15-,20-18-,22-21-,27-25-. The van der Waals surface area contributed by atoms with Crippen LogP contribution < -0.4 is 0 Å². The summed E-state index contributed by atoms with van der Waals surface area (Å²) in [5.74, 6) is -0.966. The van der Waals surface area contributed by atoms with Crippen molar-refractivity contribution in [2.75, 3.05) is 13.2 Å². The highest BCUT2D eigenvalue weighted by molar-refractivity contribution is 5.71. The van der Waals surface area contributed by atoms with E-state index < -0.39 is 6.10 Å². The van der Waals surface area contributed by atoms with Crippen LogP contribution in [0.3, 0.4) is 0 Å². The lowest BCUT2D eigenvalue weighted by Crippen LogP contribution is -2.30. The van der Waals surface area contributed by atoms with Gasteiger partial charge in [-0.2, -0.15) is 0 Å². The predicted octanol–water partition coefficient (Wildman–Crippen LogP) is 13.0. The SMILES string of the molecule is CC/C=C\C/C=C\C/C=C\C/C=C\CCCCC(=O)OCC(COC(=O)CCCCCCC)OC(=O)CCCCCCC/C=C\CCCCCC. The summed E-state index contributed by atoms with van der Waals surface area (Å²) in [4.78, 5) is 37.3. The molecular formula is C45H76O6. The van der Waals surface area contributed by atoms with Crippen LogP contribution in [-0.2, 0) is 28.6 Å². The fourth-order valence-electron chi connectivity index (χ4n) is 5.37. The number of rotatable bonds is 36. The first-order chi connectivity index (χ1) is 25.0. The summed E-state index contributed by atoms with van der Waals surface area (Å²) in [6.07, 6.45) is 46.6. The van der Waals surface area contributed by atoms with E-state index >= 15 is 0 Å². The molecule has 1 unspecified atom stereocenters. The molecule has 0 fully saturated rings. The van der Waals surface area contributed by atoms with E-state index in [0.717, 1.165) is 103 Å². The third kappa shape index (κ3) is 38.2. The van der Waals surface area contributed by atoms with Gasteiger partial charge in [0.2, 0.25) is 0 Å². The molecule has 6 heteroatoms. The van der Waals surface area contributed by atoms with Crippen molar-refractivity contribution >= 4 is 17.9 Å². The Balaban J connectivity index is 4.36. The first-order valence-corrected chi connectivity index (χ1v) is 20.8. The minimum absolute atomic E-state index is 0.0925. The van der Waals surface area contributed by atoms with E-state index in [1.54, 1.807) is 0 Å². The smallest absolute Gasteiger partial charge is 0.306 e. The van der Waals surface area contributed by atoms with Crippen molar-refractivity contribution in [3.63, 3.8) is 0 Å². The number of unbranched alkanes of at least 4 members (excludes halogenated alkanes) is 15. The van der Waals surface area contributed by atoms with E-state index in [9.17, 15) is 14.4 Å². The Kier molecular flexibility index (Phi) is 37.6. The highest BCUT2D eigenvalue weighted by atomic mass is 16.6. The maximum atomic E-state index is 12.6. The zero-order chi connectivity index (χ0) is 37.3. The molecule has 1 atom stereocenters. The normalized spacial score (nSPS) is 12.6. The third-order valence-electron chi connectivity index (χ3n) is 8.51. The van der Waals surface area contributed by atoms with Crippen molar-refractivity contribution in [3.8, 4) is 0 Å². The Morgan fingerprint density at radius 3 is 1.27 bits per heavy atom. The maximum absolute atomic E-state index is 12.6. The van der Waals surface area contributed by atoms with Crippen LogP contribution in [0.15, 0.2) is 60.8 Å². The van der Waals surface area contributed by atoms with Crippen LogP contribution in [0.1, 0.15) is 188 Å². The molecule has 0 aromatic carbocycles. The highest BCUT2D eigenvalue weighted by Gasteiger charge is 2.19. The van der Waals surface area contributed by atoms with Gasteiger partial charge in [0.25, 0.3) is 0 Å². The number of ether oxygens (including phenoxy) is 3. The number of carbonyl (C=O) groups excluding carboxylic acids is 3. The van der Waals surface area contributed by atoms with Crippen LogP contribution in [0.5, 0.6) is 0 Å². The molecule has 0 aromatic heterocycles. The van der Waals surface area contributed by atoms with E-state index in [2.05, 4.69) is 81.5 Å². The molecule has 0 saturated heterocycles. The van der Waals surface area contributed by atoms with Crippen molar-refractivity contribution in [3.05, 3.63) is 60.8 Å². The Bertz CT molecular complexity index is 960. The molecule has 0 radical (unpaired) electrons. The Morgan fingerprint density at radius 1 is 0.412 bits per heavy atom. The molecular weight excluding hydrogens is 636 g/mol. The number of hydrogen-bond donors (Lipinski definition) is 0. The van der Waals surface area contributed by atoms with Gasteiger partial charge in [0.05, 0.1) is 0 Å². The molecule has 292 valence electrons. The number of carbonyl (C=O) groups is 3. The maximum Gasteiger partial charge on any atom is 0.306 e. The summed E-state index contributed by atoms with van der Waals surface area (Å²) in [5.41, 5.74) is 0. The van der Waals surface area contributed by atoms with Gasteiger partial charge in [-0.05, 0) is 83.5 Å². The molecule has 0 aliphatic heterocycles. The molecule has 0 saturated carbocycles. The van der Waals surface area contributed by atoms with E-state index in [-0.39, 0.29) is 31.1 Å². The predicted molar refractivity (Wildman–Crippen MR) is 215 cm³/mol. The van der Waals surface area contributed by atoms with Gasteiger partial charge in [0, 0.05) is 19.3 Å². The largest absolute Gasteiger partial charge is 0.462 e. The second-order valence-corrected chi connectivity index (χ2v) is 13.5. The monoisotopic (exact) mass is 713 g/mol. The molecule has 0 spiro atoms. The average Bonchev–Trinajstić information content (AvgIpc) is 3.12. The van der Waals surface area contributed by atoms with Crippen LogP contribution >= 0.6 is 0 Å². The van der Waals surface area contributed by atoms with Crippen molar-refractivity contribution in [2.45, 2.75) is 194 Å². The molecule has 0 bridgehead atoms. The highest BCUT2D eigenvalue weighted by Crippen LogP contribution is 2.12. The topological polar surface area (TPSA) is 78.9 Å². The lowest BCUT2D eigenvalue weighted by atomic mass is 10.1. The first kappa shape index (κ1) is 48.1. The lowest BCUT2D eigenvalue weighted by molar-refractivity contribution is -0.167. The Labute approximate surface area is 313 Å². The van der Waals surface area contributed by atoms with E-state index in [1.165, 1.54) is 44.9 Å². The number of esters is 3. The van der Waals surface area contributed by atoms with E-state index in [0.29, 0.717) is 19.3 Å². The van der Waals surface area contributed by atoms with Crippen molar-refractivity contribution in [1.29, 1.82) is 0 Å². The molecule has 0 aliphatic rings. The molecule has 6 nitrogen and oxygen atoms in total. The Hall–Kier alpha value is -2.89. The minimum Gasteiger partial charge on any atom is -0.462 e. The lowest BCUT2D eigenvalue weighted by Gasteiger charge is -2.18. The summed E-state index contributed by atoms with van der Waals surface area (Å²) in [7, 11) is 0. The Morgan fingerprint density at radius 2 is 0.765 bits per heavy atom. The third-order valence-corrected chi connectivity index (χ3v) is 8.51. The molecule has 0 aromatic rings. The van der Waals surface area contributed by atoms with Crippen LogP contribution in [0.2, 0.25) is 0 Å². The minimum atomic E-state index is -0.788. The quantitative estimate of drug-likeness (QED) is 0.0278. The van der Waals surface area contributed by atoms with Gasteiger partial charge in [0.15, 0.2) is 6.10 Å². The molecule has 0 rings (SSSR count). The van der Waals surface area contributed by atoms with Gasteiger partial charge in [-0.3, -0.25) is 14.4 Å². The fourth-order valence-corrected chi connectivity index (χ4v) is 5.37. The second kappa shape index (κ2) is 39.9. The van der Waals surface area contributed by atoms with E-state index in [4.69, 9.17) is 14.2 Å². The van der Waals surface area contributed by atoms with Crippen LogP contribution in [0.4, 0.5) is 0 Å². The van der Waals surface area contributed by atoms with Crippen LogP contribution in [0.25, 0.3) is 0 Å². The molecule has 0 heterocycles. The fraction of sp³-hybridized carbons (Fsp3) is 0.711. The van der Waals surface area contributed by atoms with Gasteiger partial charge in [-0.25, -0.2) is 0 Å². The zero-order valence-corrected chi connectivity index (χ0v) is 33.1. The van der Waals surface area contributed by atoms with Gasteiger partial charge < -0.3 is 14.2 Å². The first-order valence-electron chi connectivity index (χ1n) is 20.8. The van der Waals surface area contributed by atoms with Gasteiger partial charge >= 0.3 is 17.9 Å².